The molecule has 0 radical (unpaired) electrons. The first-order chi connectivity index (χ1) is 11.9. The Morgan fingerprint density at radius 1 is 1.20 bits per heavy atom. The molecule has 9 heteroatoms. The number of imidazole rings is 1. The van der Waals surface area contributed by atoms with Crippen molar-refractivity contribution >= 4 is 11.6 Å². The lowest BCUT2D eigenvalue weighted by molar-refractivity contribution is -0.137. The van der Waals surface area contributed by atoms with Crippen LogP contribution in [0.4, 0.5) is 18.9 Å². The number of aromatic nitrogens is 4. The average molecular weight is 347 g/mol. The third-order valence-electron chi connectivity index (χ3n) is 3.28. The fourth-order valence-corrected chi connectivity index (χ4v) is 2.14. The number of hydrogen-bond acceptors (Lipinski definition) is 4. The lowest BCUT2D eigenvalue weighted by Gasteiger charge is -2.09. The minimum Gasteiger partial charge on any atom is -0.323 e. The highest BCUT2D eigenvalue weighted by Gasteiger charge is 2.30. The van der Waals surface area contributed by atoms with Crippen LogP contribution in [0.1, 0.15) is 11.1 Å². The Labute approximate surface area is 140 Å². The van der Waals surface area contributed by atoms with E-state index in [9.17, 15) is 18.0 Å². The molecule has 0 atom stereocenters. The second-order valence-electron chi connectivity index (χ2n) is 5.16. The van der Waals surface area contributed by atoms with Crippen LogP contribution in [0.15, 0.2) is 55.4 Å². The number of benzene rings is 1. The van der Waals surface area contributed by atoms with Crippen molar-refractivity contribution in [2.24, 2.45) is 0 Å². The Hall–Kier alpha value is -3.23. The van der Waals surface area contributed by atoms with Crippen LogP contribution in [-0.4, -0.2) is 25.4 Å². The van der Waals surface area contributed by atoms with Gasteiger partial charge in [0.2, 0.25) is 11.9 Å². The lowest BCUT2D eigenvalue weighted by Crippen LogP contribution is -2.15. The molecule has 0 unspecified atom stereocenters. The topological polar surface area (TPSA) is 72.7 Å². The highest BCUT2D eigenvalue weighted by atomic mass is 19.4. The third-order valence-corrected chi connectivity index (χ3v) is 3.28. The van der Waals surface area contributed by atoms with Crippen LogP contribution < -0.4 is 5.32 Å². The van der Waals surface area contributed by atoms with E-state index in [1.165, 1.54) is 30.9 Å². The van der Waals surface area contributed by atoms with Crippen molar-refractivity contribution in [3.05, 3.63) is 66.5 Å². The summed E-state index contributed by atoms with van der Waals surface area (Å²) in [5, 5.41) is 2.55. The van der Waals surface area contributed by atoms with Crippen LogP contribution in [0.2, 0.25) is 0 Å². The Balaban J connectivity index is 1.65. The van der Waals surface area contributed by atoms with Gasteiger partial charge >= 0.3 is 6.18 Å². The molecular weight excluding hydrogens is 335 g/mol. The minimum absolute atomic E-state index is 0.187. The number of carbonyl (C=O) groups excluding carboxylic acids is 1. The number of halogens is 3. The van der Waals surface area contributed by atoms with Crippen molar-refractivity contribution in [3.63, 3.8) is 0 Å². The fraction of sp³-hybridized carbons (Fsp3) is 0.125. The molecule has 2 aromatic heterocycles. The van der Waals surface area contributed by atoms with Gasteiger partial charge in [0.15, 0.2) is 0 Å². The van der Waals surface area contributed by atoms with Crippen molar-refractivity contribution in [2.75, 3.05) is 5.32 Å². The van der Waals surface area contributed by atoms with Gasteiger partial charge in [-0.05, 0) is 11.6 Å². The number of nitrogens with one attached hydrogen (secondary N) is 1. The van der Waals surface area contributed by atoms with E-state index in [1.807, 2.05) is 0 Å². The summed E-state index contributed by atoms with van der Waals surface area (Å²) in [6.45, 7) is 0. The SMILES string of the molecule is O=C(Cc1cccc(C(F)(F)F)c1)Nc1cnc(-n2ccnc2)nc1. The summed E-state index contributed by atoms with van der Waals surface area (Å²) in [5.41, 5.74) is -0.171. The predicted octanol–water partition coefficient (Wildman–Crippen LogP) is 2.86. The molecule has 0 bridgehead atoms. The number of amides is 1. The largest absolute Gasteiger partial charge is 0.416 e. The molecule has 6 nitrogen and oxygen atoms in total. The molecular formula is C16H12F3N5O. The molecule has 0 fully saturated rings. The van der Waals surface area contributed by atoms with Gasteiger partial charge in [-0.15, -0.1) is 0 Å². The van der Waals surface area contributed by atoms with Gasteiger partial charge in [-0.2, -0.15) is 13.2 Å². The zero-order chi connectivity index (χ0) is 17.9. The first kappa shape index (κ1) is 16.6. The molecule has 0 aliphatic carbocycles. The van der Waals surface area contributed by atoms with Gasteiger partial charge in [0.1, 0.15) is 6.33 Å². The highest BCUT2D eigenvalue weighted by Crippen LogP contribution is 2.29. The molecule has 0 saturated heterocycles. The first-order valence-electron chi connectivity index (χ1n) is 7.18. The number of carbonyl (C=O) groups is 1. The van der Waals surface area contributed by atoms with E-state index >= 15 is 0 Å². The summed E-state index contributed by atoms with van der Waals surface area (Å²) in [4.78, 5) is 24.0. The van der Waals surface area contributed by atoms with E-state index in [2.05, 4.69) is 20.3 Å². The van der Waals surface area contributed by atoms with E-state index in [1.54, 1.807) is 17.0 Å². The van der Waals surface area contributed by atoms with Crippen molar-refractivity contribution in [1.82, 2.24) is 19.5 Å². The monoisotopic (exact) mass is 347 g/mol. The molecule has 0 spiro atoms. The molecule has 25 heavy (non-hydrogen) atoms. The standard InChI is InChI=1S/C16H12F3N5O/c17-16(18,19)12-3-1-2-11(6-12)7-14(25)23-13-8-21-15(22-9-13)24-5-4-20-10-24/h1-6,8-10H,7H2,(H,23,25). The van der Waals surface area contributed by atoms with Crippen LogP contribution >= 0.6 is 0 Å². The second kappa shape index (κ2) is 6.71. The molecule has 1 amide bonds. The lowest BCUT2D eigenvalue weighted by atomic mass is 10.1. The number of anilines is 1. The van der Waals surface area contributed by atoms with Crippen LogP contribution in [0.25, 0.3) is 5.95 Å². The van der Waals surface area contributed by atoms with Crippen molar-refractivity contribution < 1.29 is 18.0 Å². The molecule has 3 rings (SSSR count). The zero-order valence-corrected chi connectivity index (χ0v) is 12.7. The van der Waals surface area contributed by atoms with E-state index < -0.39 is 17.6 Å². The molecule has 0 aliphatic rings. The maximum atomic E-state index is 12.7. The van der Waals surface area contributed by atoms with Crippen LogP contribution in [0.5, 0.6) is 0 Å². The molecule has 1 aromatic carbocycles. The summed E-state index contributed by atoms with van der Waals surface area (Å²) in [5.74, 6) is -0.0771. The molecule has 0 saturated carbocycles. The maximum absolute atomic E-state index is 12.7. The summed E-state index contributed by atoms with van der Waals surface area (Å²) >= 11 is 0. The summed E-state index contributed by atoms with van der Waals surface area (Å²) in [6, 6.07) is 4.66. The van der Waals surface area contributed by atoms with E-state index in [4.69, 9.17) is 0 Å². The number of hydrogen-bond donors (Lipinski definition) is 1. The van der Waals surface area contributed by atoms with Crippen molar-refractivity contribution in [3.8, 4) is 5.95 Å². The predicted molar refractivity (Wildman–Crippen MR) is 82.9 cm³/mol. The fourth-order valence-electron chi connectivity index (χ4n) is 2.14. The van der Waals surface area contributed by atoms with Gasteiger partial charge in [-0.3, -0.25) is 9.36 Å². The quantitative estimate of drug-likeness (QED) is 0.788. The Bertz CT molecular complexity index is 860. The third kappa shape index (κ3) is 4.19. The smallest absolute Gasteiger partial charge is 0.323 e. The molecule has 3 aromatic rings. The van der Waals surface area contributed by atoms with E-state index in [0.29, 0.717) is 11.6 Å². The summed E-state index contributed by atoms with van der Waals surface area (Å²) in [6.07, 6.45) is 2.96. The first-order valence-corrected chi connectivity index (χ1v) is 7.18. The van der Waals surface area contributed by atoms with Gasteiger partial charge in [-0.25, -0.2) is 15.0 Å². The van der Waals surface area contributed by atoms with Crippen LogP contribution in [0, 0.1) is 0 Å². The van der Waals surface area contributed by atoms with Crippen molar-refractivity contribution in [1.29, 1.82) is 0 Å². The van der Waals surface area contributed by atoms with Gasteiger partial charge < -0.3 is 5.32 Å². The number of alkyl halides is 3. The number of nitrogens with zero attached hydrogens (tertiary/aromatic N) is 4. The maximum Gasteiger partial charge on any atom is 0.416 e. The molecule has 128 valence electrons. The van der Waals surface area contributed by atoms with Gasteiger partial charge in [0.25, 0.3) is 0 Å². The Morgan fingerprint density at radius 3 is 2.60 bits per heavy atom. The van der Waals surface area contributed by atoms with E-state index in [-0.39, 0.29) is 12.0 Å². The van der Waals surface area contributed by atoms with Gasteiger partial charge in [0.05, 0.1) is 30.1 Å². The molecule has 0 aliphatic heterocycles. The Morgan fingerprint density at radius 2 is 1.96 bits per heavy atom. The molecule has 1 N–H and O–H groups in total. The number of rotatable bonds is 4. The van der Waals surface area contributed by atoms with Gasteiger partial charge in [-0.1, -0.05) is 18.2 Å². The zero-order valence-electron chi connectivity index (χ0n) is 12.7. The van der Waals surface area contributed by atoms with Crippen molar-refractivity contribution in [2.45, 2.75) is 12.6 Å². The highest BCUT2D eigenvalue weighted by molar-refractivity contribution is 5.91. The average Bonchev–Trinajstić information content (AvgIpc) is 3.09. The molecule has 2 heterocycles. The van der Waals surface area contributed by atoms with Gasteiger partial charge in [0, 0.05) is 12.4 Å². The van der Waals surface area contributed by atoms with E-state index in [0.717, 1.165) is 12.1 Å². The minimum atomic E-state index is -4.44. The van der Waals surface area contributed by atoms with Crippen LogP contribution in [0.3, 0.4) is 0 Å². The Kier molecular flexibility index (Phi) is 4.46. The normalized spacial score (nSPS) is 11.3. The van der Waals surface area contributed by atoms with Crippen LogP contribution in [-0.2, 0) is 17.4 Å². The second-order valence-corrected chi connectivity index (χ2v) is 5.16. The summed E-state index contributed by atoms with van der Waals surface area (Å²) in [7, 11) is 0. The summed E-state index contributed by atoms with van der Waals surface area (Å²) < 4.78 is 39.6.